The molecule has 25 heavy (non-hydrogen) atoms. The average Bonchev–Trinajstić information content (AvgIpc) is 2.54. The first-order chi connectivity index (χ1) is 11.9. The molecular weight excluding hydrogens is 334 g/mol. The van der Waals surface area contributed by atoms with Gasteiger partial charge in [-0.05, 0) is 26.0 Å². The van der Waals surface area contributed by atoms with Gasteiger partial charge in [-0.3, -0.25) is 4.90 Å². The topological polar surface area (TPSA) is 67.9 Å². The van der Waals surface area contributed by atoms with Crippen LogP contribution in [0.15, 0.2) is 29.5 Å². The van der Waals surface area contributed by atoms with E-state index in [0.717, 1.165) is 12.1 Å². The van der Waals surface area contributed by atoms with Gasteiger partial charge in [-0.2, -0.15) is 0 Å². The molecule has 0 unspecified atom stereocenters. The van der Waals surface area contributed by atoms with E-state index in [1.54, 1.807) is 6.92 Å². The molecule has 0 aliphatic carbocycles. The number of carbonyl (C=O) groups is 2. The Morgan fingerprint density at radius 2 is 1.96 bits per heavy atom. The van der Waals surface area contributed by atoms with Crippen LogP contribution in [0.3, 0.4) is 0 Å². The van der Waals surface area contributed by atoms with Gasteiger partial charge in [0.15, 0.2) is 0 Å². The van der Waals surface area contributed by atoms with E-state index >= 15 is 0 Å². The van der Waals surface area contributed by atoms with Crippen LogP contribution >= 0.6 is 0 Å². The number of hydrogen-bond acceptors (Lipinski definition) is 4. The van der Waals surface area contributed by atoms with Gasteiger partial charge in [-0.15, -0.1) is 0 Å². The Hall–Kier alpha value is -2.48. The third kappa shape index (κ3) is 3.79. The third-order valence-electron chi connectivity index (χ3n) is 3.90. The predicted molar refractivity (Wildman–Crippen MR) is 85.5 cm³/mol. The van der Waals surface area contributed by atoms with Gasteiger partial charge in [-0.25, -0.2) is 18.4 Å². The summed E-state index contributed by atoms with van der Waals surface area (Å²) < 4.78 is 38.4. The molecule has 2 amide bonds. The summed E-state index contributed by atoms with van der Waals surface area (Å²) >= 11 is 0. The van der Waals surface area contributed by atoms with Crippen molar-refractivity contribution in [2.75, 3.05) is 26.9 Å². The van der Waals surface area contributed by atoms with Crippen LogP contribution in [-0.2, 0) is 14.3 Å². The smallest absolute Gasteiger partial charge is 0.338 e. The number of carbonyl (C=O) groups excluding carboxylic acids is 2. The number of amides is 2. The van der Waals surface area contributed by atoms with Crippen molar-refractivity contribution >= 4 is 12.0 Å². The van der Waals surface area contributed by atoms with Gasteiger partial charge in [0.25, 0.3) is 0 Å². The maximum Gasteiger partial charge on any atom is 0.338 e. The van der Waals surface area contributed by atoms with E-state index in [1.807, 2.05) is 0 Å². The second-order valence-corrected chi connectivity index (χ2v) is 5.38. The lowest BCUT2D eigenvalue weighted by Gasteiger charge is -2.35. The van der Waals surface area contributed by atoms with Crippen LogP contribution in [0.25, 0.3) is 0 Å². The number of esters is 1. The third-order valence-corrected chi connectivity index (χ3v) is 3.90. The second-order valence-electron chi connectivity index (χ2n) is 5.38. The highest BCUT2D eigenvalue weighted by atomic mass is 19.1. The monoisotopic (exact) mass is 354 g/mol. The average molecular weight is 354 g/mol. The van der Waals surface area contributed by atoms with Crippen molar-refractivity contribution in [2.24, 2.45) is 0 Å². The number of methoxy groups -OCH3 is 1. The minimum absolute atomic E-state index is 0.0125. The Balaban J connectivity index is 2.56. The molecule has 0 aromatic heterocycles. The van der Waals surface area contributed by atoms with Crippen molar-refractivity contribution < 1.29 is 27.8 Å². The number of ether oxygens (including phenoxy) is 2. The Morgan fingerprint density at radius 3 is 2.52 bits per heavy atom. The zero-order chi connectivity index (χ0) is 18.6. The number of benzene rings is 1. The zero-order valence-corrected chi connectivity index (χ0v) is 14.3. The summed E-state index contributed by atoms with van der Waals surface area (Å²) in [6.45, 7) is 3.67. The maximum absolute atomic E-state index is 14.2. The predicted octanol–water partition coefficient (Wildman–Crippen LogP) is 2.51. The molecule has 0 radical (unpaired) electrons. The van der Waals surface area contributed by atoms with Gasteiger partial charge < -0.3 is 14.8 Å². The van der Waals surface area contributed by atoms with E-state index in [-0.39, 0.29) is 31.0 Å². The highest BCUT2D eigenvalue weighted by Gasteiger charge is 2.38. The minimum Gasteiger partial charge on any atom is -0.463 e. The normalized spacial score (nSPS) is 17.6. The van der Waals surface area contributed by atoms with E-state index in [2.05, 4.69) is 5.32 Å². The number of allylic oxidation sites excluding steroid dienone is 1. The standard InChI is InChI=1S/C17H20F2N2O4/c1-4-25-16(22)13-10(2)21(8-9-24-3)17(23)20-15(13)14-11(18)6-5-7-12(14)19/h5-7,15H,4,8-9H2,1-3H3,(H,20,23)/t15-/m1/s1. The van der Waals surface area contributed by atoms with Crippen molar-refractivity contribution in [2.45, 2.75) is 19.9 Å². The lowest BCUT2D eigenvalue weighted by Crippen LogP contribution is -2.49. The number of rotatable bonds is 6. The molecular formula is C17H20F2N2O4. The summed E-state index contributed by atoms with van der Waals surface area (Å²) in [5.74, 6) is -2.45. The van der Waals surface area contributed by atoms with Gasteiger partial charge in [-0.1, -0.05) is 6.07 Å². The molecule has 0 spiro atoms. The van der Waals surface area contributed by atoms with Crippen LogP contribution in [0.5, 0.6) is 0 Å². The highest BCUT2D eigenvalue weighted by molar-refractivity contribution is 5.95. The molecule has 1 aliphatic rings. The fraction of sp³-hybridized carbons (Fsp3) is 0.412. The number of urea groups is 1. The molecule has 0 saturated heterocycles. The number of halogens is 2. The minimum atomic E-state index is -1.27. The molecule has 0 bridgehead atoms. The molecule has 0 saturated carbocycles. The van der Waals surface area contributed by atoms with Crippen molar-refractivity contribution in [3.05, 3.63) is 46.7 Å². The van der Waals surface area contributed by atoms with Crippen molar-refractivity contribution in [3.63, 3.8) is 0 Å². The molecule has 8 heteroatoms. The summed E-state index contributed by atoms with van der Waals surface area (Å²) in [7, 11) is 1.48. The van der Waals surface area contributed by atoms with Crippen molar-refractivity contribution in [1.29, 1.82) is 0 Å². The number of nitrogens with one attached hydrogen (secondary N) is 1. The van der Waals surface area contributed by atoms with Crippen LogP contribution in [0.1, 0.15) is 25.5 Å². The highest BCUT2D eigenvalue weighted by Crippen LogP contribution is 2.33. The van der Waals surface area contributed by atoms with Crippen LogP contribution in [0.4, 0.5) is 13.6 Å². The van der Waals surface area contributed by atoms with Gasteiger partial charge in [0.1, 0.15) is 11.6 Å². The maximum atomic E-state index is 14.2. The van der Waals surface area contributed by atoms with Crippen LogP contribution < -0.4 is 5.32 Å². The number of hydrogen-bond donors (Lipinski definition) is 1. The molecule has 6 nitrogen and oxygen atoms in total. The van der Waals surface area contributed by atoms with Gasteiger partial charge >= 0.3 is 12.0 Å². The number of nitrogens with zero attached hydrogens (tertiary/aromatic N) is 1. The summed E-state index contributed by atoms with van der Waals surface area (Å²) in [5, 5.41) is 2.49. The Kier molecular flexibility index (Phi) is 6.08. The SMILES string of the molecule is CCOC(=O)C1=C(C)N(CCOC)C(=O)N[C@H]1c1c(F)cccc1F. The van der Waals surface area contributed by atoms with Gasteiger partial charge in [0.05, 0.1) is 36.9 Å². The molecule has 2 rings (SSSR count). The van der Waals surface area contributed by atoms with E-state index in [0.29, 0.717) is 0 Å². The Labute approximate surface area is 144 Å². The van der Waals surface area contributed by atoms with E-state index in [9.17, 15) is 18.4 Å². The fourth-order valence-corrected chi connectivity index (χ4v) is 2.71. The van der Waals surface area contributed by atoms with Crippen LogP contribution in [0.2, 0.25) is 0 Å². The largest absolute Gasteiger partial charge is 0.463 e. The molecule has 136 valence electrons. The molecule has 1 N–H and O–H groups in total. The summed E-state index contributed by atoms with van der Waals surface area (Å²) in [5.41, 5.74) is -0.141. The summed E-state index contributed by atoms with van der Waals surface area (Å²) in [6, 6.07) is 1.51. The summed E-state index contributed by atoms with van der Waals surface area (Å²) in [6.07, 6.45) is 0. The van der Waals surface area contributed by atoms with E-state index < -0.39 is 35.2 Å². The lowest BCUT2D eigenvalue weighted by molar-refractivity contribution is -0.139. The van der Waals surface area contributed by atoms with E-state index in [1.165, 1.54) is 25.0 Å². The Morgan fingerprint density at radius 1 is 1.32 bits per heavy atom. The van der Waals surface area contributed by atoms with Gasteiger partial charge in [0.2, 0.25) is 0 Å². The fourth-order valence-electron chi connectivity index (χ4n) is 2.71. The molecule has 1 aliphatic heterocycles. The summed E-state index contributed by atoms with van der Waals surface area (Å²) in [4.78, 5) is 26.1. The van der Waals surface area contributed by atoms with Crippen LogP contribution in [-0.4, -0.2) is 43.8 Å². The van der Waals surface area contributed by atoms with Gasteiger partial charge in [0, 0.05) is 12.8 Å². The molecule has 1 aromatic rings. The molecule has 1 aromatic carbocycles. The first kappa shape index (κ1) is 18.9. The van der Waals surface area contributed by atoms with E-state index in [4.69, 9.17) is 9.47 Å². The Bertz CT molecular complexity index is 686. The second kappa shape index (κ2) is 8.06. The van der Waals surface area contributed by atoms with Crippen molar-refractivity contribution in [3.8, 4) is 0 Å². The first-order valence-corrected chi connectivity index (χ1v) is 7.81. The van der Waals surface area contributed by atoms with Crippen molar-refractivity contribution in [1.82, 2.24) is 10.2 Å². The molecule has 1 atom stereocenters. The molecule has 0 fully saturated rings. The quantitative estimate of drug-likeness (QED) is 0.797. The zero-order valence-electron chi connectivity index (χ0n) is 14.3. The first-order valence-electron chi connectivity index (χ1n) is 7.81. The lowest BCUT2D eigenvalue weighted by atomic mass is 9.94. The molecule has 1 heterocycles. The van der Waals surface area contributed by atoms with Crippen LogP contribution in [0, 0.1) is 11.6 Å².